The van der Waals surface area contributed by atoms with E-state index in [0.29, 0.717) is 12.8 Å². The molecule has 0 saturated carbocycles. The molecule has 40 heavy (non-hydrogen) atoms. The van der Waals surface area contributed by atoms with E-state index in [1.807, 2.05) is 38.1 Å². The van der Waals surface area contributed by atoms with Gasteiger partial charge in [0.1, 0.15) is 17.8 Å². The largest absolute Gasteiger partial charge is 0.573 e. The summed E-state index contributed by atoms with van der Waals surface area (Å²) in [6, 6.07) is 13.4. The maximum absolute atomic E-state index is 13.6. The topological polar surface area (TPSA) is 101 Å². The van der Waals surface area contributed by atoms with Crippen LogP contribution in [-0.2, 0) is 22.4 Å². The molecule has 1 aliphatic rings. The summed E-state index contributed by atoms with van der Waals surface area (Å²) in [7, 11) is 0. The second kappa shape index (κ2) is 12.2. The van der Waals surface area contributed by atoms with E-state index < -0.39 is 36.0 Å². The van der Waals surface area contributed by atoms with E-state index in [2.05, 4.69) is 20.4 Å². The van der Waals surface area contributed by atoms with Gasteiger partial charge in [0.2, 0.25) is 11.8 Å². The van der Waals surface area contributed by atoms with Crippen LogP contribution in [0, 0.1) is 0 Å². The van der Waals surface area contributed by atoms with Crippen LogP contribution in [0.25, 0.3) is 0 Å². The lowest BCUT2D eigenvalue weighted by molar-refractivity contribution is -0.274. The monoisotopic (exact) mass is 554 g/mol. The molecule has 1 aromatic heterocycles. The van der Waals surface area contributed by atoms with Crippen molar-refractivity contribution in [1.29, 1.82) is 0 Å². The lowest BCUT2D eigenvalue weighted by Gasteiger charge is -2.30. The van der Waals surface area contributed by atoms with Gasteiger partial charge in [0.25, 0.3) is 5.91 Å². The molecule has 11 heteroatoms. The van der Waals surface area contributed by atoms with Gasteiger partial charge < -0.3 is 20.3 Å². The third kappa shape index (κ3) is 6.96. The zero-order chi connectivity index (χ0) is 28.9. The molecule has 2 heterocycles. The summed E-state index contributed by atoms with van der Waals surface area (Å²) in [5.41, 5.74) is 1.99. The Morgan fingerprint density at radius 1 is 1.05 bits per heavy atom. The summed E-state index contributed by atoms with van der Waals surface area (Å²) >= 11 is 0. The second-order valence-corrected chi connectivity index (χ2v) is 9.65. The number of anilines is 1. The van der Waals surface area contributed by atoms with Gasteiger partial charge in [0.05, 0.1) is 0 Å². The number of fused-ring (bicyclic) bond motifs is 1. The number of nitrogens with one attached hydrogen (secondary N) is 2. The normalized spacial score (nSPS) is 16.1. The van der Waals surface area contributed by atoms with Crippen molar-refractivity contribution in [3.05, 3.63) is 89.7 Å². The summed E-state index contributed by atoms with van der Waals surface area (Å²) < 4.78 is 43.3. The highest BCUT2D eigenvalue weighted by Gasteiger charge is 2.36. The molecule has 0 radical (unpaired) electrons. The number of rotatable bonds is 8. The lowest BCUT2D eigenvalue weighted by Crippen LogP contribution is -2.55. The van der Waals surface area contributed by atoms with Crippen molar-refractivity contribution in [2.24, 2.45) is 0 Å². The smallest absolute Gasteiger partial charge is 0.406 e. The first kappa shape index (κ1) is 28.6. The molecule has 0 spiro atoms. The third-order valence-electron chi connectivity index (χ3n) is 6.51. The van der Waals surface area contributed by atoms with Crippen LogP contribution in [0.5, 0.6) is 5.75 Å². The first-order chi connectivity index (χ1) is 19.0. The van der Waals surface area contributed by atoms with Crippen LogP contribution < -0.4 is 20.3 Å². The van der Waals surface area contributed by atoms with Crippen molar-refractivity contribution in [2.45, 2.75) is 57.6 Å². The Hall–Kier alpha value is -4.41. The summed E-state index contributed by atoms with van der Waals surface area (Å²) in [5.74, 6) is -2.14. The summed E-state index contributed by atoms with van der Waals surface area (Å²) in [4.78, 5) is 45.7. The number of aryl methyl sites for hydroxylation is 1. The molecule has 2 N–H and O–H groups in total. The van der Waals surface area contributed by atoms with Gasteiger partial charge >= 0.3 is 6.36 Å². The number of ether oxygens (including phenoxy) is 1. The predicted octanol–water partition coefficient (Wildman–Crippen LogP) is 4.19. The molecule has 3 amide bonds. The minimum absolute atomic E-state index is 0.0541. The number of aromatic nitrogens is 1. The number of hydrogen-bond donors (Lipinski definition) is 2. The Kier molecular flexibility index (Phi) is 8.71. The van der Waals surface area contributed by atoms with Gasteiger partial charge in [0, 0.05) is 36.1 Å². The summed E-state index contributed by atoms with van der Waals surface area (Å²) in [6.07, 6.45) is -1.63. The number of hydrogen-bond acceptors (Lipinski definition) is 5. The van der Waals surface area contributed by atoms with Crippen LogP contribution in [0.15, 0.2) is 73.1 Å². The Morgan fingerprint density at radius 2 is 1.73 bits per heavy atom. The van der Waals surface area contributed by atoms with E-state index in [-0.39, 0.29) is 29.5 Å². The highest BCUT2D eigenvalue weighted by molar-refractivity contribution is 6.02. The minimum atomic E-state index is -4.95. The number of alkyl halides is 3. The molecular weight excluding hydrogens is 525 g/mol. The van der Waals surface area contributed by atoms with Crippen LogP contribution in [0.4, 0.5) is 18.9 Å². The molecule has 3 aromatic rings. The van der Waals surface area contributed by atoms with E-state index in [4.69, 9.17) is 0 Å². The molecule has 210 valence electrons. The van der Waals surface area contributed by atoms with Crippen molar-refractivity contribution in [1.82, 2.24) is 15.6 Å². The average molecular weight is 555 g/mol. The van der Waals surface area contributed by atoms with E-state index in [0.717, 1.165) is 17.3 Å². The van der Waals surface area contributed by atoms with Crippen molar-refractivity contribution >= 4 is 23.4 Å². The number of benzene rings is 2. The second-order valence-electron chi connectivity index (χ2n) is 9.65. The van der Waals surface area contributed by atoms with E-state index in [9.17, 15) is 27.6 Å². The van der Waals surface area contributed by atoms with Gasteiger partial charge in [-0.15, -0.1) is 13.2 Å². The molecule has 1 aliphatic heterocycles. The zero-order valence-corrected chi connectivity index (χ0v) is 21.9. The van der Waals surface area contributed by atoms with Gasteiger partial charge in [-0.05, 0) is 62.1 Å². The van der Waals surface area contributed by atoms with Crippen LogP contribution >= 0.6 is 0 Å². The Labute approximate surface area is 229 Å². The number of nitrogens with zero attached hydrogens (tertiary/aromatic N) is 2. The van der Waals surface area contributed by atoms with Crippen LogP contribution in [0.1, 0.15) is 41.8 Å². The molecule has 8 nitrogen and oxygen atoms in total. The van der Waals surface area contributed by atoms with Gasteiger partial charge in [0.15, 0.2) is 0 Å². The molecule has 0 saturated heterocycles. The van der Waals surface area contributed by atoms with E-state index in [1.54, 1.807) is 4.90 Å². The number of pyridine rings is 1. The van der Waals surface area contributed by atoms with Gasteiger partial charge in [-0.2, -0.15) is 0 Å². The van der Waals surface area contributed by atoms with E-state index in [1.165, 1.54) is 42.7 Å². The molecule has 4 rings (SSSR count). The number of carbonyl (C=O) groups excluding carboxylic acids is 3. The number of halogens is 3. The molecule has 2 aromatic carbocycles. The quantitative estimate of drug-likeness (QED) is 0.435. The SMILES string of the molecule is CC(C)N1C(=O)[C@H](NC(=O)[C@@H](Cc2ccccc2OC(F)(F)F)NC(=O)c2ccncc2)CCc2ccccc21. The highest BCUT2D eigenvalue weighted by Crippen LogP contribution is 2.30. The van der Waals surface area contributed by atoms with Crippen LogP contribution in [0.2, 0.25) is 0 Å². The highest BCUT2D eigenvalue weighted by atomic mass is 19.4. The Morgan fingerprint density at radius 3 is 2.42 bits per heavy atom. The summed E-state index contributed by atoms with van der Waals surface area (Å²) in [6.45, 7) is 3.74. The van der Waals surface area contributed by atoms with E-state index >= 15 is 0 Å². The van der Waals surface area contributed by atoms with Crippen LogP contribution in [0.3, 0.4) is 0 Å². The third-order valence-corrected chi connectivity index (χ3v) is 6.51. The Balaban J connectivity index is 1.61. The maximum atomic E-state index is 13.6. The first-order valence-corrected chi connectivity index (χ1v) is 12.8. The predicted molar refractivity (Wildman–Crippen MR) is 142 cm³/mol. The van der Waals surface area contributed by atoms with Crippen molar-refractivity contribution in [2.75, 3.05) is 4.90 Å². The lowest BCUT2D eigenvalue weighted by atomic mass is 10.0. The Bertz CT molecular complexity index is 1360. The first-order valence-electron chi connectivity index (χ1n) is 12.8. The number of amides is 3. The standard InChI is InChI=1S/C29H29F3N4O4/c1-18(2)36-24-9-5-3-7-19(24)11-12-22(28(36)39)34-27(38)23(35-26(37)20-13-15-33-16-14-20)17-21-8-4-6-10-25(21)40-29(30,31)32/h3-10,13-16,18,22-23H,11-12,17H2,1-2H3,(H,34,38)(H,35,37)/t22-,23-/m1/s1. The maximum Gasteiger partial charge on any atom is 0.573 e. The molecule has 0 fully saturated rings. The zero-order valence-electron chi connectivity index (χ0n) is 21.9. The minimum Gasteiger partial charge on any atom is -0.406 e. The van der Waals surface area contributed by atoms with Gasteiger partial charge in [-0.3, -0.25) is 19.4 Å². The number of carbonyl (C=O) groups is 3. The molecule has 0 aliphatic carbocycles. The number of para-hydroxylation sites is 2. The van der Waals surface area contributed by atoms with Crippen molar-refractivity contribution < 1.29 is 32.3 Å². The molecule has 0 bridgehead atoms. The molecule has 0 unspecified atom stereocenters. The van der Waals surface area contributed by atoms with Crippen molar-refractivity contribution in [3.8, 4) is 5.75 Å². The fourth-order valence-corrected chi connectivity index (χ4v) is 4.68. The summed E-state index contributed by atoms with van der Waals surface area (Å²) in [5, 5.41) is 5.36. The molecular formula is C29H29F3N4O4. The van der Waals surface area contributed by atoms with Crippen molar-refractivity contribution in [3.63, 3.8) is 0 Å². The fraction of sp³-hybridized carbons (Fsp3) is 0.310. The van der Waals surface area contributed by atoms with Gasteiger partial charge in [-0.1, -0.05) is 36.4 Å². The van der Waals surface area contributed by atoms with Gasteiger partial charge in [-0.25, -0.2) is 0 Å². The average Bonchev–Trinajstić information content (AvgIpc) is 3.05. The molecule has 2 atom stereocenters. The van der Waals surface area contributed by atoms with Crippen LogP contribution in [-0.4, -0.2) is 47.2 Å². The fourth-order valence-electron chi connectivity index (χ4n) is 4.68.